The molecule has 0 saturated carbocycles. The second-order valence-electron chi connectivity index (χ2n) is 5.39. The summed E-state index contributed by atoms with van der Waals surface area (Å²) in [5.74, 6) is 3.17. The number of pyridine rings is 1. The Kier molecular flexibility index (Phi) is 3.57. The van der Waals surface area contributed by atoms with Gasteiger partial charge in [0.15, 0.2) is 5.82 Å². The molecule has 0 fully saturated rings. The standard InChI is InChI=1S/C15H15N3O2/c1-5-10-6-11(9-16-8-10)14(19)17-13-7-12(20-18-13)15(2,3)4/h1,6-9H,2-4H3,(H,17,18,19). The molecule has 2 rings (SSSR count). The summed E-state index contributed by atoms with van der Waals surface area (Å²) in [4.78, 5) is 16.0. The summed E-state index contributed by atoms with van der Waals surface area (Å²) in [6, 6.07) is 3.30. The van der Waals surface area contributed by atoms with Crippen LogP contribution in [0.25, 0.3) is 0 Å². The highest BCUT2D eigenvalue weighted by Gasteiger charge is 2.20. The smallest absolute Gasteiger partial charge is 0.258 e. The van der Waals surface area contributed by atoms with E-state index in [9.17, 15) is 4.79 Å². The Labute approximate surface area is 117 Å². The molecule has 20 heavy (non-hydrogen) atoms. The fraction of sp³-hybridized carbons (Fsp3) is 0.267. The minimum atomic E-state index is -0.330. The van der Waals surface area contributed by atoms with Crippen LogP contribution < -0.4 is 5.32 Å². The predicted molar refractivity (Wildman–Crippen MR) is 75.3 cm³/mol. The Morgan fingerprint density at radius 2 is 2.10 bits per heavy atom. The zero-order chi connectivity index (χ0) is 14.8. The molecule has 0 atom stereocenters. The van der Waals surface area contributed by atoms with Gasteiger partial charge in [0.2, 0.25) is 0 Å². The molecular weight excluding hydrogens is 254 g/mol. The molecule has 2 heterocycles. The van der Waals surface area contributed by atoms with Crippen molar-refractivity contribution in [2.24, 2.45) is 0 Å². The predicted octanol–water partition coefficient (Wildman–Crippen LogP) is 2.60. The van der Waals surface area contributed by atoms with Gasteiger partial charge in [-0.15, -0.1) is 6.42 Å². The lowest BCUT2D eigenvalue weighted by molar-refractivity contribution is 0.102. The molecule has 5 heteroatoms. The van der Waals surface area contributed by atoms with Gasteiger partial charge < -0.3 is 9.84 Å². The van der Waals surface area contributed by atoms with Gasteiger partial charge in [-0.05, 0) is 6.07 Å². The van der Waals surface area contributed by atoms with Gasteiger partial charge in [-0.25, -0.2) is 0 Å². The fourth-order valence-electron chi connectivity index (χ4n) is 1.52. The first-order valence-electron chi connectivity index (χ1n) is 6.10. The topological polar surface area (TPSA) is 68.0 Å². The van der Waals surface area contributed by atoms with Crippen molar-refractivity contribution >= 4 is 11.7 Å². The van der Waals surface area contributed by atoms with Crippen molar-refractivity contribution in [3.05, 3.63) is 41.4 Å². The maximum atomic E-state index is 12.0. The molecule has 0 aliphatic rings. The van der Waals surface area contributed by atoms with E-state index in [4.69, 9.17) is 10.9 Å². The second-order valence-corrected chi connectivity index (χ2v) is 5.39. The van der Waals surface area contributed by atoms with E-state index in [1.165, 1.54) is 12.4 Å². The molecular formula is C15H15N3O2. The molecule has 5 nitrogen and oxygen atoms in total. The summed E-state index contributed by atoms with van der Waals surface area (Å²) in [5.41, 5.74) is 0.759. The average molecular weight is 269 g/mol. The van der Waals surface area contributed by atoms with Crippen LogP contribution >= 0.6 is 0 Å². The number of hydrogen-bond donors (Lipinski definition) is 1. The van der Waals surface area contributed by atoms with Gasteiger partial charge in [-0.1, -0.05) is 31.8 Å². The number of terminal acetylenes is 1. The van der Waals surface area contributed by atoms with Crippen LogP contribution in [0.3, 0.4) is 0 Å². The molecule has 0 spiro atoms. The van der Waals surface area contributed by atoms with E-state index in [-0.39, 0.29) is 11.3 Å². The highest BCUT2D eigenvalue weighted by molar-refractivity contribution is 6.03. The van der Waals surface area contributed by atoms with E-state index >= 15 is 0 Å². The van der Waals surface area contributed by atoms with E-state index < -0.39 is 0 Å². The van der Waals surface area contributed by atoms with Crippen molar-refractivity contribution in [2.45, 2.75) is 26.2 Å². The van der Waals surface area contributed by atoms with Crippen molar-refractivity contribution in [3.8, 4) is 12.3 Å². The first-order chi connectivity index (χ1) is 9.40. The number of anilines is 1. The molecule has 1 N–H and O–H groups in total. The SMILES string of the molecule is C#Cc1cncc(C(=O)Nc2cc(C(C)(C)C)on2)c1. The highest BCUT2D eigenvalue weighted by Crippen LogP contribution is 2.24. The van der Waals surface area contributed by atoms with E-state index in [2.05, 4.69) is 21.4 Å². The number of carbonyl (C=O) groups is 1. The maximum Gasteiger partial charge on any atom is 0.258 e. The average Bonchev–Trinajstić information content (AvgIpc) is 2.87. The summed E-state index contributed by atoms with van der Waals surface area (Å²) in [6.45, 7) is 6.00. The van der Waals surface area contributed by atoms with Gasteiger partial charge in [0, 0.05) is 29.4 Å². The third kappa shape index (κ3) is 3.04. The molecule has 0 unspecified atom stereocenters. The molecule has 0 aliphatic carbocycles. The van der Waals surface area contributed by atoms with Crippen LogP contribution in [0.2, 0.25) is 0 Å². The fourth-order valence-corrected chi connectivity index (χ4v) is 1.52. The minimum absolute atomic E-state index is 0.166. The Morgan fingerprint density at radius 3 is 2.70 bits per heavy atom. The maximum absolute atomic E-state index is 12.0. The molecule has 2 aromatic heterocycles. The van der Waals surface area contributed by atoms with Crippen molar-refractivity contribution in [1.82, 2.24) is 10.1 Å². The molecule has 0 bridgehead atoms. The molecule has 1 amide bonds. The van der Waals surface area contributed by atoms with Gasteiger partial charge >= 0.3 is 0 Å². The summed E-state index contributed by atoms with van der Waals surface area (Å²) in [5, 5.41) is 6.47. The summed E-state index contributed by atoms with van der Waals surface area (Å²) in [7, 11) is 0. The molecule has 0 aliphatic heterocycles. The number of carbonyl (C=O) groups excluding carboxylic acids is 1. The lowest BCUT2D eigenvalue weighted by atomic mass is 9.93. The lowest BCUT2D eigenvalue weighted by Crippen LogP contribution is -2.13. The summed E-state index contributed by atoms with van der Waals surface area (Å²) >= 11 is 0. The number of aromatic nitrogens is 2. The van der Waals surface area contributed by atoms with Crippen LogP contribution in [0.1, 0.15) is 42.5 Å². The molecule has 102 valence electrons. The number of rotatable bonds is 2. The minimum Gasteiger partial charge on any atom is -0.359 e. The monoisotopic (exact) mass is 269 g/mol. The van der Waals surface area contributed by atoms with Gasteiger partial charge in [-0.3, -0.25) is 9.78 Å². The number of nitrogens with zero attached hydrogens (tertiary/aromatic N) is 2. The first-order valence-corrected chi connectivity index (χ1v) is 6.10. The van der Waals surface area contributed by atoms with E-state index in [0.717, 1.165) is 0 Å². The summed E-state index contributed by atoms with van der Waals surface area (Å²) in [6.07, 6.45) is 8.24. The largest absolute Gasteiger partial charge is 0.359 e. The quantitative estimate of drug-likeness (QED) is 0.851. The Balaban J connectivity index is 2.16. The van der Waals surface area contributed by atoms with Gasteiger partial charge in [-0.2, -0.15) is 0 Å². The number of nitrogens with one attached hydrogen (secondary N) is 1. The normalized spacial score (nSPS) is 10.9. The lowest BCUT2D eigenvalue weighted by Gasteiger charge is -2.12. The molecule has 0 radical (unpaired) electrons. The van der Waals surface area contributed by atoms with Crippen LogP contribution in [-0.2, 0) is 5.41 Å². The zero-order valence-corrected chi connectivity index (χ0v) is 11.6. The number of amides is 1. The van der Waals surface area contributed by atoms with Gasteiger partial charge in [0.1, 0.15) is 5.76 Å². The third-order valence-corrected chi connectivity index (χ3v) is 2.66. The van der Waals surface area contributed by atoms with Crippen LogP contribution in [-0.4, -0.2) is 16.0 Å². The van der Waals surface area contributed by atoms with Crippen molar-refractivity contribution in [1.29, 1.82) is 0 Å². The van der Waals surface area contributed by atoms with Crippen molar-refractivity contribution in [3.63, 3.8) is 0 Å². The molecule has 0 saturated heterocycles. The van der Waals surface area contributed by atoms with E-state index in [1.54, 1.807) is 12.1 Å². The molecule has 2 aromatic rings. The van der Waals surface area contributed by atoms with Gasteiger partial charge in [0.25, 0.3) is 5.91 Å². The van der Waals surface area contributed by atoms with E-state index in [0.29, 0.717) is 22.7 Å². The number of hydrogen-bond acceptors (Lipinski definition) is 4. The Bertz CT molecular complexity index is 675. The van der Waals surface area contributed by atoms with Crippen LogP contribution in [0.4, 0.5) is 5.82 Å². The van der Waals surface area contributed by atoms with Crippen LogP contribution in [0, 0.1) is 12.3 Å². The molecule has 0 aromatic carbocycles. The summed E-state index contributed by atoms with van der Waals surface area (Å²) < 4.78 is 5.20. The zero-order valence-electron chi connectivity index (χ0n) is 11.6. The van der Waals surface area contributed by atoms with Crippen LogP contribution in [0.15, 0.2) is 29.0 Å². The first kappa shape index (κ1) is 13.8. The van der Waals surface area contributed by atoms with Crippen molar-refractivity contribution in [2.75, 3.05) is 5.32 Å². The van der Waals surface area contributed by atoms with Crippen LogP contribution in [0.5, 0.6) is 0 Å². The Hall–Kier alpha value is -2.61. The third-order valence-electron chi connectivity index (χ3n) is 2.66. The Morgan fingerprint density at radius 1 is 1.35 bits per heavy atom. The highest BCUT2D eigenvalue weighted by atomic mass is 16.5. The second kappa shape index (κ2) is 5.17. The van der Waals surface area contributed by atoms with E-state index in [1.807, 2.05) is 20.8 Å². The van der Waals surface area contributed by atoms with Crippen molar-refractivity contribution < 1.29 is 9.32 Å². The van der Waals surface area contributed by atoms with Gasteiger partial charge in [0.05, 0.1) is 5.56 Å².